The van der Waals surface area contributed by atoms with Crippen LogP contribution < -0.4 is 11.5 Å². The van der Waals surface area contributed by atoms with Crippen LogP contribution in [0.3, 0.4) is 0 Å². The van der Waals surface area contributed by atoms with Gasteiger partial charge in [0.05, 0.1) is 0 Å². The lowest BCUT2D eigenvalue weighted by Gasteiger charge is -2.07. The highest BCUT2D eigenvalue weighted by molar-refractivity contribution is 5.85. The Labute approximate surface area is 82.3 Å². The number of rotatable bonds is 2. The molecule has 0 heterocycles. The second-order valence-corrected chi connectivity index (χ2v) is 2.45. The SMILES string of the molecule is CC(C)[C@H](N)C(=O)O.Cl.NC(=O)O. The number of carboxylic acid groups (broad SMARTS) is 2. The van der Waals surface area contributed by atoms with Crippen molar-refractivity contribution < 1.29 is 19.8 Å². The Morgan fingerprint density at radius 3 is 1.46 bits per heavy atom. The number of hydrogen-bond donors (Lipinski definition) is 4. The Bertz CT molecular complexity index is 159. The molecule has 80 valence electrons. The van der Waals surface area contributed by atoms with Gasteiger partial charge in [0.2, 0.25) is 0 Å². The van der Waals surface area contributed by atoms with E-state index in [9.17, 15) is 4.79 Å². The molecule has 13 heavy (non-hydrogen) atoms. The molecule has 0 aromatic carbocycles. The number of aliphatic carboxylic acids is 1. The molecule has 0 saturated carbocycles. The third-order valence-corrected chi connectivity index (χ3v) is 1.00. The van der Waals surface area contributed by atoms with Crippen molar-refractivity contribution in [2.45, 2.75) is 19.9 Å². The van der Waals surface area contributed by atoms with Crippen LogP contribution in [0.15, 0.2) is 0 Å². The summed E-state index contributed by atoms with van der Waals surface area (Å²) in [7, 11) is 0. The maximum Gasteiger partial charge on any atom is 0.402 e. The highest BCUT2D eigenvalue weighted by atomic mass is 35.5. The van der Waals surface area contributed by atoms with Crippen LogP contribution in [0.25, 0.3) is 0 Å². The van der Waals surface area contributed by atoms with Crippen LogP contribution in [-0.4, -0.2) is 28.3 Å². The largest absolute Gasteiger partial charge is 0.480 e. The first-order valence-electron chi connectivity index (χ1n) is 3.25. The van der Waals surface area contributed by atoms with Crippen molar-refractivity contribution in [2.75, 3.05) is 0 Å². The lowest BCUT2D eigenvalue weighted by atomic mass is 10.1. The summed E-state index contributed by atoms with van der Waals surface area (Å²) in [6.45, 7) is 3.55. The molecule has 7 heteroatoms. The van der Waals surface area contributed by atoms with Gasteiger partial charge in [0.1, 0.15) is 6.04 Å². The minimum atomic E-state index is -1.33. The predicted molar refractivity (Wildman–Crippen MR) is 49.9 cm³/mol. The van der Waals surface area contributed by atoms with Gasteiger partial charge >= 0.3 is 12.1 Å². The second kappa shape index (κ2) is 9.08. The number of carboxylic acids is 1. The number of carbonyl (C=O) groups is 2. The van der Waals surface area contributed by atoms with Gasteiger partial charge in [-0.2, -0.15) is 0 Å². The highest BCUT2D eigenvalue weighted by Crippen LogP contribution is 1.96. The van der Waals surface area contributed by atoms with E-state index in [0.29, 0.717) is 0 Å². The average Bonchev–Trinajstić information content (AvgIpc) is 1.84. The molecule has 0 aliphatic heterocycles. The minimum absolute atomic E-state index is 0. The Balaban J connectivity index is -0.000000173. The Morgan fingerprint density at radius 1 is 1.23 bits per heavy atom. The summed E-state index contributed by atoms with van der Waals surface area (Å²) < 4.78 is 0. The van der Waals surface area contributed by atoms with Gasteiger partial charge in [-0.15, -0.1) is 12.4 Å². The van der Waals surface area contributed by atoms with Crippen LogP contribution in [0, 0.1) is 5.92 Å². The van der Waals surface area contributed by atoms with E-state index in [4.69, 9.17) is 20.7 Å². The molecular weight excluding hydrogens is 200 g/mol. The van der Waals surface area contributed by atoms with E-state index in [1.54, 1.807) is 13.8 Å². The molecular formula is C6H15ClN2O4. The van der Waals surface area contributed by atoms with Crippen molar-refractivity contribution in [3.8, 4) is 0 Å². The number of primary amides is 1. The first kappa shape index (κ1) is 17.9. The molecule has 1 atom stereocenters. The topological polar surface area (TPSA) is 127 Å². The first-order valence-corrected chi connectivity index (χ1v) is 3.25. The van der Waals surface area contributed by atoms with Crippen molar-refractivity contribution in [3.05, 3.63) is 0 Å². The van der Waals surface area contributed by atoms with Crippen molar-refractivity contribution >= 4 is 24.5 Å². The van der Waals surface area contributed by atoms with Crippen molar-refractivity contribution in [1.82, 2.24) is 0 Å². The van der Waals surface area contributed by atoms with Crippen LogP contribution >= 0.6 is 12.4 Å². The summed E-state index contributed by atoms with van der Waals surface area (Å²) >= 11 is 0. The van der Waals surface area contributed by atoms with Gasteiger partial charge in [-0.1, -0.05) is 13.8 Å². The van der Waals surface area contributed by atoms with Gasteiger partial charge in [0, 0.05) is 0 Å². The van der Waals surface area contributed by atoms with E-state index < -0.39 is 18.1 Å². The maximum atomic E-state index is 10.0. The zero-order chi connectivity index (χ0) is 10.3. The van der Waals surface area contributed by atoms with Crippen LogP contribution in [0.5, 0.6) is 0 Å². The third kappa shape index (κ3) is 18.2. The highest BCUT2D eigenvalue weighted by Gasteiger charge is 2.14. The molecule has 0 aliphatic carbocycles. The molecule has 0 fully saturated rings. The lowest BCUT2D eigenvalue weighted by Crippen LogP contribution is -2.34. The Kier molecular flexibility index (Phi) is 12.5. The molecule has 0 bridgehead atoms. The Morgan fingerprint density at radius 2 is 1.46 bits per heavy atom. The molecule has 1 amide bonds. The van der Waals surface area contributed by atoms with Gasteiger partial charge in [-0.05, 0) is 5.92 Å². The van der Waals surface area contributed by atoms with Gasteiger partial charge in [-0.3, -0.25) is 4.79 Å². The molecule has 0 rings (SSSR count). The number of amides is 1. The van der Waals surface area contributed by atoms with E-state index in [0.717, 1.165) is 0 Å². The smallest absolute Gasteiger partial charge is 0.402 e. The molecule has 6 N–H and O–H groups in total. The molecule has 0 aromatic rings. The molecule has 0 radical (unpaired) electrons. The van der Waals surface area contributed by atoms with E-state index in [-0.39, 0.29) is 18.3 Å². The summed E-state index contributed by atoms with van der Waals surface area (Å²) in [4.78, 5) is 18.8. The quantitative estimate of drug-likeness (QED) is 0.519. The minimum Gasteiger partial charge on any atom is -0.480 e. The van der Waals surface area contributed by atoms with Crippen molar-refractivity contribution in [2.24, 2.45) is 17.4 Å². The number of halogens is 1. The summed E-state index contributed by atoms with van der Waals surface area (Å²) in [5.74, 6) is -0.910. The maximum absolute atomic E-state index is 10.0. The molecule has 0 saturated heterocycles. The molecule has 0 aliphatic rings. The molecule has 0 aromatic heterocycles. The van der Waals surface area contributed by atoms with Crippen LogP contribution in [0.2, 0.25) is 0 Å². The normalized spacial score (nSPS) is 10.5. The fourth-order valence-corrected chi connectivity index (χ4v) is 0.285. The van der Waals surface area contributed by atoms with E-state index in [1.807, 2.05) is 0 Å². The van der Waals surface area contributed by atoms with Crippen LogP contribution in [-0.2, 0) is 4.79 Å². The average molecular weight is 215 g/mol. The van der Waals surface area contributed by atoms with Crippen molar-refractivity contribution in [1.29, 1.82) is 0 Å². The standard InChI is InChI=1S/C5H11NO2.CH3NO2.ClH/c1-3(2)4(6)5(7)8;2-1(3)4;/h3-4H,6H2,1-2H3,(H,7,8);2H2,(H,3,4);1H/t4-;;/m0../s1. The zero-order valence-electron chi connectivity index (χ0n) is 7.43. The second-order valence-electron chi connectivity index (χ2n) is 2.45. The number of nitrogens with two attached hydrogens (primary N) is 2. The first-order chi connectivity index (χ1) is 5.29. The van der Waals surface area contributed by atoms with Gasteiger partial charge < -0.3 is 21.7 Å². The summed E-state index contributed by atoms with van der Waals surface area (Å²) in [5, 5.41) is 15.4. The molecule has 6 nitrogen and oxygen atoms in total. The van der Waals surface area contributed by atoms with E-state index in [2.05, 4.69) is 5.73 Å². The monoisotopic (exact) mass is 214 g/mol. The van der Waals surface area contributed by atoms with E-state index in [1.165, 1.54) is 0 Å². The fraction of sp³-hybridized carbons (Fsp3) is 0.667. The third-order valence-electron chi connectivity index (χ3n) is 1.00. The zero-order valence-corrected chi connectivity index (χ0v) is 8.25. The summed E-state index contributed by atoms with van der Waals surface area (Å²) in [5.41, 5.74) is 9.19. The van der Waals surface area contributed by atoms with Crippen LogP contribution in [0.4, 0.5) is 4.79 Å². The molecule has 0 unspecified atom stereocenters. The summed E-state index contributed by atoms with van der Waals surface area (Å²) in [6.07, 6.45) is -1.33. The van der Waals surface area contributed by atoms with Crippen molar-refractivity contribution in [3.63, 3.8) is 0 Å². The van der Waals surface area contributed by atoms with Gasteiger partial charge in [0.15, 0.2) is 0 Å². The van der Waals surface area contributed by atoms with Gasteiger partial charge in [-0.25, -0.2) is 4.79 Å². The lowest BCUT2D eigenvalue weighted by molar-refractivity contribution is -0.139. The van der Waals surface area contributed by atoms with Gasteiger partial charge in [0.25, 0.3) is 0 Å². The fourth-order valence-electron chi connectivity index (χ4n) is 0.285. The van der Waals surface area contributed by atoms with E-state index >= 15 is 0 Å². The summed E-state index contributed by atoms with van der Waals surface area (Å²) in [6, 6.07) is -0.713. The molecule has 0 spiro atoms. The predicted octanol–water partition coefficient (Wildman–Crippen LogP) is 0.0992. The van der Waals surface area contributed by atoms with Crippen LogP contribution in [0.1, 0.15) is 13.8 Å². The Hall–Kier alpha value is -1.01. The number of hydrogen-bond acceptors (Lipinski definition) is 3.